The minimum atomic E-state index is -0.247. The molecular weight excluding hydrogens is 267 g/mol. The second-order valence-corrected chi connectivity index (χ2v) is 5.25. The van der Waals surface area contributed by atoms with Crippen LogP contribution in [0.15, 0.2) is 30.3 Å². The van der Waals surface area contributed by atoms with Crippen LogP contribution in [0, 0.1) is 19.7 Å². The molecule has 0 aliphatic rings. The maximum absolute atomic E-state index is 13.8. The standard InChI is InChI=1S/C17H21FN2O/c1-4-9-19-17(21)16-12(2)10-13(3)20(16)11-14-7-5-6-8-15(14)18/h5-8,10H,4,9,11H2,1-3H3,(H,19,21). The summed E-state index contributed by atoms with van der Waals surface area (Å²) in [6.45, 7) is 6.86. The number of halogens is 1. The highest BCUT2D eigenvalue weighted by Crippen LogP contribution is 2.18. The van der Waals surface area contributed by atoms with E-state index in [1.54, 1.807) is 18.2 Å². The van der Waals surface area contributed by atoms with Crippen LogP contribution >= 0.6 is 0 Å². The Morgan fingerprint density at radius 1 is 1.29 bits per heavy atom. The number of carbonyl (C=O) groups is 1. The van der Waals surface area contributed by atoms with E-state index in [1.807, 2.05) is 31.4 Å². The predicted octanol–water partition coefficient (Wildman–Crippen LogP) is 3.43. The van der Waals surface area contributed by atoms with E-state index in [0.717, 1.165) is 17.7 Å². The van der Waals surface area contributed by atoms with E-state index in [0.29, 0.717) is 24.3 Å². The van der Waals surface area contributed by atoms with Crippen molar-refractivity contribution in [1.29, 1.82) is 0 Å². The molecule has 0 saturated heterocycles. The number of carbonyl (C=O) groups excluding carboxylic acids is 1. The molecule has 1 aromatic carbocycles. The molecule has 1 amide bonds. The molecule has 0 aliphatic carbocycles. The summed E-state index contributed by atoms with van der Waals surface area (Å²) in [6.07, 6.45) is 0.887. The summed E-state index contributed by atoms with van der Waals surface area (Å²) in [6, 6.07) is 8.62. The summed E-state index contributed by atoms with van der Waals surface area (Å²) >= 11 is 0. The van der Waals surface area contributed by atoms with Crippen molar-refractivity contribution in [2.24, 2.45) is 0 Å². The number of aromatic nitrogens is 1. The van der Waals surface area contributed by atoms with E-state index >= 15 is 0 Å². The molecule has 2 aromatic rings. The smallest absolute Gasteiger partial charge is 0.268 e. The number of nitrogens with one attached hydrogen (secondary N) is 1. The second-order valence-electron chi connectivity index (χ2n) is 5.25. The van der Waals surface area contributed by atoms with Crippen LogP contribution in [-0.4, -0.2) is 17.0 Å². The molecule has 0 bridgehead atoms. The molecule has 1 aromatic heterocycles. The van der Waals surface area contributed by atoms with Crippen molar-refractivity contribution >= 4 is 5.91 Å². The van der Waals surface area contributed by atoms with Gasteiger partial charge in [0.15, 0.2) is 0 Å². The van der Waals surface area contributed by atoms with Crippen molar-refractivity contribution in [1.82, 2.24) is 9.88 Å². The lowest BCUT2D eigenvalue weighted by molar-refractivity contribution is 0.0944. The third-order valence-corrected chi connectivity index (χ3v) is 3.53. The van der Waals surface area contributed by atoms with Gasteiger partial charge in [0.2, 0.25) is 0 Å². The van der Waals surface area contributed by atoms with Crippen molar-refractivity contribution in [3.63, 3.8) is 0 Å². The Morgan fingerprint density at radius 2 is 2.00 bits per heavy atom. The zero-order valence-electron chi connectivity index (χ0n) is 12.7. The highest BCUT2D eigenvalue weighted by atomic mass is 19.1. The molecule has 112 valence electrons. The van der Waals surface area contributed by atoms with Gasteiger partial charge in [-0.25, -0.2) is 4.39 Å². The minimum Gasteiger partial charge on any atom is -0.351 e. The lowest BCUT2D eigenvalue weighted by Gasteiger charge is -2.13. The van der Waals surface area contributed by atoms with Crippen molar-refractivity contribution < 1.29 is 9.18 Å². The molecule has 4 heteroatoms. The number of benzene rings is 1. The summed E-state index contributed by atoms with van der Waals surface area (Å²) in [5.41, 5.74) is 3.07. The van der Waals surface area contributed by atoms with Crippen LogP contribution in [0.1, 0.15) is 40.7 Å². The fourth-order valence-electron chi connectivity index (χ4n) is 2.47. The van der Waals surface area contributed by atoms with Gasteiger partial charge in [0.1, 0.15) is 11.5 Å². The monoisotopic (exact) mass is 288 g/mol. The number of aryl methyl sites for hydroxylation is 2. The van der Waals surface area contributed by atoms with Gasteiger partial charge < -0.3 is 9.88 Å². The molecule has 0 radical (unpaired) electrons. The summed E-state index contributed by atoms with van der Waals surface area (Å²) in [5.74, 6) is -0.345. The highest BCUT2D eigenvalue weighted by molar-refractivity contribution is 5.94. The number of amides is 1. The van der Waals surface area contributed by atoms with Crippen LogP contribution in [0.2, 0.25) is 0 Å². The molecular formula is C17H21FN2O. The Hall–Kier alpha value is -2.10. The molecule has 0 fully saturated rings. The normalized spacial score (nSPS) is 10.7. The topological polar surface area (TPSA) is 34.0 Å². The largest absolute Gasteiger partial charge is 0.351 e. The maximum Gasteiger partial charge on any atom is 0.268 e. The maximum atomic E-state index is 13.8. The number of hydrogen-bond donors (Lipinski definition) is 1. The van der Waals surface area contributed by atoms with Crippen LogP contribution < -0.4 is 5.32 Å². The van der Waals surface area contributed by atoms with E-state index in [9.17, 15) is 9.18 Å². The van der Waals surface area contributed by atoms with Gasteiger partial charge in [-0.3, -0.25) is 4.79 Å². The second kappa shape index (κ2) is 6.57. The Labute approximate surface area is 124 Å². The van der Waals surface area contributed by atoms with Crippen LogP contribution in [0.3, 0.4) is 0 Å². The lowest BCUT2D eigenvalue weighted by atomic mass is 10.2. The fraction of sp³-hybridized carbons (Fsp3) is 0.353. The van der Waals surface area contributed by atoms with Crippen LogP contribution in [0.4, 0.5) is 4.39 Å². The molecule has 1 heterocycles. The molecule has 3 nitrogen and oxygen atoms in total. The van der Waals surface area contributed by atoms with Crippen LogP contribution in [0.25, 0.3) is 0 Å². The third kappa shape index (κ3) is 3.32. The van der Waals surface area contributed by atoms with Gasteiger partial charge >= 0.3 is 0 Å². The Morgan fingerprint density at radius 3 is 2.67 bits per heavy atom. The zero-order valence-corrected chi connectivity index (χ0v) is 12.7. The number of hydrogen-bond acceptors (Lipinski definition) is 1. The first-order valence-electron chi connectivity index (χ1n) is 7.23. The molecule has 0 spiro atoms. The summed E-state index contributed by atoms with van der Waals surface area (Å²) in [5, 5.41) is 2.89. The van der Waals surface area contributed by atoms with Crippen molar-refractivity contribution in [2.45, 2.75) is 33.7 Å². The van der Waals surface area contributed by atoms with Gasteiger partial charge in [0.25, 0.3) is 5.91 Å². The molecule has 21 heavy (non-hydrogen) atoms. The van der Waals surface area contributed by atoms with E-state index < -0.39 is 0 Å². The number of nitrogens with zero attached hydrogens (tertiary/aromatic N) is 1. The average molecular weight is 288 g/mol. The van der Waals surface area contributed by atoms with E-state index in [1.165, 1.54) is 6.07 Å². The average Bonchev–Trinajstić information content (AvgIpc) is 2.73. The molecule has 0 saturated carbocycles. The third-order valence-electron chi connectivity index (χ3n) is 3.53. The van der Waals surface area contributed by atoms with E-state index in [-0.39, 0.29) is 11.7 Å². The van der Waals surface area contributed by atoms with Gasteiger partial charge in [0, 0.05) is 17.8 Å². The van der Waals surface area contributed by atoms with Crippen LogP contribution in [0.5, 0.6) is 0 Å². The van der Waals surface area contributed by atoms with Gasteiger partial charge in [-0.1, -0.05) is 25.1 Å². The van der Waals surface area contributed by atoms with E-state index in [2.05, 4.69) is 5.32 Å². The van der Waals surface area contributed by atoms with Crippen LogP contribution in [-0.2, 0) is 6.54 Å². The molecule has 0 atom stereocenters. The van der Waals surface area contributed by atoms with Gasteiger partial charge in [-0.15, -0.1) is 0 Å². The summed E-state index contributed by atoms with van der Waals surface area (Å²) in [4.78, 5) is 12.3. The van der Waals surface area contributed by atoms with Crippen molar-refractivity contribution in [2.75, 3.05) is 6.54 Å². The number of rotatable bonds is 5. The molecule has 1 N–H and O–H groups in total. The summed E-state index contributed by atoms with van der Waals surface area (Å²) in [7, 11) is 0. The quantitative estimate of drug-likeness (QED) is 0.898. The highest BCUT2D eigenvalue weighted by Gasteiger charge is 2.17. The molecule has 0 unspecified atom stereocenters. The Kier molecular flexibility index (Phi) is 4.78. The van der Waals surface area contributed by atoms with Crippen molar-refractivity contribution in [3.05, 3.63) is 58.7 Å². The lowest BCUT2D eigenvalue weighted by Crippen LogP contribution is -2.27. The minimum absolute atomic E-state index is 0.0983. The Balaban J connectivity index is 2.35. The summed E-state index contributed by atoms with van der Waals surface area (Å²) < 4.78 is 15.7. The van der Waals surface area contributed by atoms with Crippen molar-refractivity contribution in [3.8, 4) is 0 Å². The fourth-order valence-corrected chi connectivity index (χ4v) is 2.47. The van der Waals surface area contributed by atoms with Gasteiger partial charge in [0.05, 0.1) is 6.54 Å². The molecule has 2 rings (SSSR count). The first-order valence-corrected chi connectivity index (χ1v) is 7.23. The SMILES string of the molecule is CCCNC(=O)c1c(C)cc(C)n1Cc1ccccc1F. The Bertz CT molecular complexity index is 646. The first kappa shape index (κ1) is 15.3. The molecule has 0 aliphatic heterocycles. The van der Waals surface area contributed by atoms with Gasteiger partial charge in [-0.05, 0) is 38.0 Å². The first-order chi connectivity index (χ1) is 10.0. The predicted molar refractivity (Wildman–Crippen MR) is 82.0 cm³/mol. The van der Waals surface area contributed by atoms with Gasteiger partial charge in [-0.2, -0.15) is 0 Å². The van der Waals surface area contributed by atoms with E-state index in [4.69, 9.17) is 0 Å². The zero-order chi connectivity index (χ0) is 15.4.